The van der Waals surface area contributed by atoms with Gasteiger partial charge in [0.25, 0.3) is 0 Å². The number of benzene rings is 1. The van der Waals surface area contributed by atoms with Gasteiger partial charge in [-0.15, -0.1) is 0 Å². The first-order chi connectivity index (χ1) is 7.13. The van der Waals surface area contributed by atoms with Gasteiger partial charge in [0.15, 0.2) is 0 Å². The maximum absolute atomic E-state index is 13.6. The zero-order valence-corrected chi connectivity index (χ0v) is 8.37. The van der Waals surface area contributed by atoms with E-state index >= 15 is 0 Å². The third kappa shape index (κ3) is 1.82. The van der Waals surface area contributed by atoms with Crippen molar-refractivity contribution in [3.05, 3.63) is 29.6 Å². The molecule has 0 aliphatic carbocycles. The van der Waals surface area contributed by atoms with Crippen molar-refractivity contribution in [3.63, 3.8) is 0 Å². The van der Waals surface area contributed by atoms with Crippen LogP contribution in [0, 0.1) is 5.82 Å². The highest BCUT2D eigenvalue weighted by molar-refractivity contribution is 5.50. The van der Waals surface area contributed by atoms with E-state index in [2.05, 4.69) is 0 Å². The molecule has 0 amide bonds. The van der Waals surface area contributed by atoms with Crippen LogP contribution in [0.15, 0.2) is 18.2 Å². The fourth-order valence-corrected chi connectivity index (χ4v) is 1.99. The predicted molar refractivity (Wildman–Crippen MR) is 54.8 cm³/mol. The van der Waals surface area contributed by atoms with Gasteiger partial charge in [0, 0.05) is 37.3 Å². The average Bonchev–Trinajstić information content (AvgIpc) is 2.18. The molecule has 4 heteroatoms. The van der Waals surface area contributed by atoms with Crippen LogP contribution >= 0.6 is 0 Å². The summed E-state index contributed by atoms with van der Waals surface area (Å²) in [6.07, 6.45) is 0.774. The second-order valence-corrected chi connectivity index (χ2v) is 3.85. The van der Waals surface area contributed by atoms with Crippen LogP contribution in [-0.2, 0) is 10.3 Å². The molecular formula is C11H14FNO2. The average molecular weight is 211 g/mol. The highest BCUT2D eigenvalue weighted by Gasteiger charge is 2.35. The number of halogens is 1. The Bertz CT molecular complexity index is 341. The fourth-order valence-electron chi connectivity index (χ4n) is 1.99. The van der Waals surface area contributed by atoms with E-state index in [1.807, 2.05) is 0 Å². The molecule has 0 unspecified atom stereocenters. The van der Waals surface area contributed by atoms with E-state index in [4.69, 9.17) is 10.5 Å². The number of nitrogen functional groups attached to an aromatic ring is 1. The van der Waals surface area contributed by atoms with Gasteiger partial charge in [0.2, 0.25) is 0 Å². The predicted octanol–water partition coefficient (Wildman–Crippen LogP) is 1.41. The number of nitrogens with two attached hydrogens (primary N) is 1. The minimum atomic E-state index is -1.17. The van der Waals surface area contributed by atoms with Crippen molar-refractivity contribution < 1.29 is 14.2 Å². The van der Waals surface area contributed by atoms with Crippen LogP contribution < -0.4 is 5.73 Å². The zero-order chi connectivity index (χ0) is 10.9. The number of rotatable bonds is 1. The molecule has 1 aromatic carbocycles. The molecule has 0 spiro atoms. The molecule has 15 heavy (non-hydrogen) atoms. The number of hydrogen-bond acceptors (Lipinski definition) is 3. The summed E-state index contributed by atoms with van der Waals surface area (Å²) < 4.78 is 18.7. The van der Waals surface area contributed by atoms with Crippen LogP contribution in [0.4, 0.5) is 10.1 Å². The van der Waals surface area contributed by atoms with E-state index in [-0.39, 0.29) is 5.56 Å². The first-order valence-corrected chi connectivity index (χ1v) is 4.98. The number of aliphatic hydroxyl groups is 1. The van der Waals surface area contributed by atoms with Gasteiger partial charge >= 0.3 is 0 Å². The monoisotopic (exact) mass is 211 g/mol. The molecule has 0 saturated carbocycles. The first kappa shape index (κ1) is 10.4. The van der Waals surface area contributed by atoms with Crippen molar-refractivity contribution in [1.29, 1.82) is 0 Å². The lowest BCUT2D eigenvalue weighted by atomic mass is 9.85. The second-order valence-electron chi connectivity index (χ2n) is 3.85. The van der Waals surface area contributed by atoms with Gasteiger partial charge in [-0.2, -0.15) is 0 Å². The highest BCUT2D eigenvalue weighted by Crippen LogP contribution is 2.36. The lowest BCUT2D eigenvalue weighted by Gasteiger charge is -2.33. The largest absolute Gasteiger partial charge is 0.398 e. The molecule has 82 valence electrons. The molecule has 0 aromatic heterocycles. The van der Waals surface area contributed by atoms with Crippen LogP contribution in [-0.4, -0.2) is 18.3 Å². The molecule has 1 aliphatic rings. The van der Waals surface area contributed by atoms with Crippen molar-refractivity contribution in [2.24, 2.45) is 0 Å². The van der Waals surface area contributed by atoms with Crippen molar-refractivity contribution in [1.82, 2.24) is 0 Å². The van der Waals surface area contributed by atoms with Gasteiger partial charge in [-0.25, -0.2) is 4.39 Å². The second kappa shape index (κ2) is 3.79. The molecule has 1 fully saturated rings. The molecule has 3 nitrogen and oxygen atoms in total. The van der Waals surface area contributed by atoms with Crippen molar-refractivity contribution in [2.45, 2.75) is 18.4 Å². The standard InChI is InChI=1S/C11H14FNO2/c12-8-2-1-3-9(13)10(8)11(14)4-6-15-7-5-11/h1-3,14H,4-7,13H2. The molecule has 1 saturated heterocycles. The fraction of sp³-hybridized carbons (Fsp3) is 0.455. The molecular weight excluding hydrogens is 197 g/mol. The molecule has 1 heterocycles. The van der Waals surface area contributed by atoms with E-state index < -0.39 is 11.4 Å². The Balaban J connectivity index is 2.42. The van der Waals surface area contributed by atoms with E-state index in [1.54, 1.807) is 6.07 Å². The first-order valence-electron chi connectivity index (χ1n) is 4.98. The smallest absolute Gasteiger partial charge is 0.131 e. The van der Waals surface area contributed by atoms with Crippen molar-refractivity contribution in [3.8, 4) is 0 Å². The highest BCUT2D eigenvalue weighted by atomic mass is 19.1. The molecule has 0 atom stereocenters. The minimum Gasteiger partial charge on any atom is -0.398 e. The summed E-state index contributed by atoms with van der Waals surface area (Å²) >= 11 is 0. The Morgan fingerprint density at radius 3 is 2.60 bits per heavy atom. The third-order valence-electron chi connectivity index (χ3n) is 2.83. The minimum absolute atomic E-state index is 0.216. The summed E-state index contributed by atoms with van der Waals surface area (Å²) in [7, 11) is 0. The lowest BCUT2D eigenvalue weighted by Crippen LogP contribution is -2.35. The number of hydrogen-bond donors (Lipinski definition) is 2. The maximum atomic E-state index is 13.6. The van der Waals surface area contributed by atoms with Gasteiger partial charge in [-0.1, -0.05) is 6.07 Å². The Labute approximate surface area is 87.7 Å². The lowest BCUT2D eigenvalue weighted by molar-refractivity contribution is -0.0692. The van der Waals surface area contributed by atoms with E-state index in [0.717, 1.165) is 0 Å². The molecule has 1 aromatic rings. The number of ether oxygens (including phenoxy) is 1. The van der Waals surface area contributed by atoms with Gasteiger partial charge in [-0.3, -0.25) is 0 Å². The summed E-state index contributed by atoms with van der Waals surface area (Å²) in [4.78, 5) is 0. The maximum Gasteiger partial charge on any atom is 0.131 e. The Hall–Kier alpha value is -1.13. The van der Waals surface area contributed by atoms with Crippen LogP contribution in [0.3, 0.4) is 0 Å². The van der Waals surface area contributed by atoms with E-state index in [0.29, 0.717) is 31.7 Å². The molecule has 2 rings (SSSR count). The molecule has 1 aliphatic heterocycles. The molecule has 0 bridgehead atoms. The van der Waals surface area contributed by atoms with E-state index in [9.17, 15) is 9.50 Å². The summed E-state index contributed by atoms with van der Waals surface area (Å²) in [5.74, 6) is -0.445. The van der Waals surface area contributed by atoms with Crippen LogP contribution in [0.5, 0.6) is 0 Å². The van der Waals surface area contributed by atoms with Crippen LogP contribution in [0.2, 0.25) is 0 Å². The summed E-state index contributed by atoms with van der Waals surface area (Å²) in [5, 5.41) is 10.3. The quantitative estimate of drug-likeness (QED) is 0.690. The SMILES string of the molecule is Nc1cccc(F)c1C1(O)CCOCC1. The van der Waals surface area contributed by atoms with Crippen LogP contribution in [0.1, 0.15) is 18.4 Å². The van der Waals surface area contributed by atoms with Gasteiger partial charge in [0.1, 0.15) is 5.82 Å². The normalized spacial score (nSPS) is 20.1. The summed E-state index contributed by atoms with van der Waals surface area (Å²) in [5.41, 5.74) is 5.04. The number of anilines is 1. The third-order valence-corrected chi connectivity index (χ3v) is 2.83. The topological polar surface area (TPSA) is 55.5 Å². The van der Waals surface area contributed by atoms with Gasteiger partial charge in [-0.05, 0) is 12.1 Å². The van der Waals surface area contributed by atoms with Crippen molar-refractivity contribution >= 4 is 5.69 Å². The van der Waals surface area contributed by atoms with Crippen molar-refractivity contribution in [2.75, 3.05) is 18.9 Å². The summed E-state index contributed by atoms with van der Waals surface area (Å²) in [6, 6.07) is 4.46. The zero-order valence-electron chi connectivity index (χ0n) is 8.37. The van der Waals surface area contributed by atoms with Gasteiger partial charge < -0.3 is 15.6 Å². The Morgan fingerprint density at radius 1 is 1.33 bits per heavy atom. The Morgan fingerprint density at radius 2 is 2.00 bits per heavy atom. The summed E-state index contributed by atoms with van der Waals surface area (Å²) in [6.45, 7) is 0.870. The van der Waals surface area contributed by atoms with Gasteiger partial charge in [0.05, 0.1) is 5.60 Å². The molecule has 0 radical (unpaired) electrons. The van der Waals surface area contributed by atoms with E-state index in [1.165, 1.54) is 12.1 Å². The van der Waals surface area contributed by atoms with Crippen LogP contribution in [0.25, 0.3) is 0 Å². The Kier molecular flexibility index (Phi) is 2.63. The molecule has 3 N–H and O–H groups in total.